The summed E-state index contributed by atoms with van der Waals surface area (Å²) in [5, 5.41) is 7.82. The second-order valence-electron chi connectivity index (χ2n) is 14.4. The molecule has 3 heterocycles. The molecule has 1 unspecified atom stereocenters. The third kappa shape index (κ3) is 5.07. The first-order chi connectivity index (χ1) is 26.2. The van der Waals surface area contributed by atoms with Crippen molar-refractivity contribution in [3.8, 4) is 28.1 Å². The van der Waals surface area contributed by atoms with Gasteiger partial charge in [0.25, 0.3) is 0 Å². The van der Waals surface area contributed by atoms with Gasteiger partial charge in [-0.1, -0.05) is 115 Å². The van der Waals surface area contributed by atoms with Crippen LogP contribution in [0.25, 0.3) is 87.8 Å². The summed E-state index contributed by atoms with van der Waals surface area (Å²) in [7, 11) is 0. The highest BCUT2D eigenvalue weighted by Gasteiger charge is 2.21. The van der Waals surface area contributed by atoms with Gasteiger partial charge in [0.1, 0.15) is 0 Å². The van der Waals surface area contributed by atoms with Crippen molar-refractivity contribution in [2.45, 2.75) is 25.3 Å². The van der Waals surface area contributed by atoms with E-state index in [1.54, 1.807) is 0 Å². The lowest BCUT2D eigenvalue weighted by molar-refractivity contribution is 0.664. The van der Waals surface area contributed by atoms with Crippen molar-refractivity contribution in [2.75, 3.05) is 0 Å². The third-order valence-corrected chi connectivity index (χ3v) is 12.4. The minimum atomic E-state index is 0.272. The van der Waals surface area contributed by atoms with Gasteiger partial charge in [-0.05, 0) is 113 Å². The smallest absolute Gasteiger partial charge is 0.0566 e. The summed E-state index contributed by atoms with van der Waals surface area (Å²) in [6.07, 6.45) is 14.8. The van der Waals surface area contributed by atoms with Crippen LogP contribution >= 0.6 is 11.3 Å². The van der Waals surface area contributed by atoms with E-state index in [0.717, 1.165) is 19.3 Å². The maximum Gasteiger partial charge on any atom is 0.0566 e. The van der Waals surface area contributed by atoms with E-state index in [2.05, 4.69) is 185 Å². The fraction of sp³-hybridized carbons (Fsp3) is 0.0800. The van der Waals surface area contributed by atoms with Crippen LogP contribution in [0.4, 0.5) is 0 Å². The van der Waals surface area contributed by atoms with E-state index in [4.69, 9.17) is 0 Å². The number of rotatable bonds is 5. The van der Waals surface area contributed by atoms with Crippen LogP contribution in [0.3, 0.4) is 0 Å². The monoisotopic (exact) mass is 696 g/mol. The normalized spacial score (nSPS) is 15.5. The average molecular weight is 697 g/mol. The van der Waals surface area contributed by atoms with Crippen molar-refractivity contribution in [3.05, 3.63) is 180 Å². The van der Waals surface area contributed by atoms with Gasteiger partial charge in [-0.15, -0.1) is 11.3 Å². The van der Waals surface area contributed by atoms with E-state index in [0.29, 0.717) is 0 Å². The molecule has 0 spiro atoms. The Labute approximate surface area is 312 Å². The number of fused-ring (bicyclic) bond motifs is 6. The molecule has 1 atom stereocenters. The Balaban J connectivity index is 1.05. The minimum Gasteiger partial charge on any atom is -0.333 e. The van der Waals surface area contributed by atoms with Crippen LogP contribution in [0, 0.1) is 0 Å². The lowest BCUT2D eigenvalue weighted by Gasteiger charge is -2.22. The van der Waals surface area contributed by atoms with Gasteiger partial charge in [0.05, 0.1) is 17.3 Å². The van der Waals surface area contributed by atoms with Crippen LogP contribution in [0.1, 0.15) is 31.0 Å². The Bertz CT molecular complexity index is 3090. The molecular weight excluding hydrogens is 661 g/mol. The summed E-state index contributed by atoms with van der Waals surface area (Å²) in [6, 6.07) is 54.4. The Morgan fingerprint density at radius 1 is 0.566 bits per heavy atom. The lowest BCUT2D eigenvalue weighted by atomic mass is 9.99. The molecule has 53 heavy (non-hydrogen) atoms. The van der Waals surface area contributed by atoms with Crippen LogP contribution in [-0.4, -0.2) is 9.13 Å². The molecule has 2 nitrogen and oxygen atoms in total. The fourth-order valence-electron chi connectivity index (χ4n) is 8.74. The van der Waals surface area contributed by atoms with Gasteiger partial charge in [0.15, 0.2) is 0 Å². The molecule has 0 fully saturated rings. The van der Waals surface area contributed by atoms with E-state index < -0.39 is 0 Å². The van der Waals surface area contributed by atoms with Gasteiger partial charge in [0, 0.05) is 47.8 Å². The minimum absolute atomic E-state index is 0.272. The predicted octanol–water partition coefficient (Wildman–Crippen LogP) is 12.2. The average Bonchev–Trinajstić information content (AvgIpc) is 3.92. The molecule has 2 aliphatic rings. The molecule has 2 aliphatic carbocycles. The van der Waals surface area contributed by atoms with Gasteiger partial charge in [0.2, 0.25) is 0 Å². The molecule has 11 rings (SSSR count). The zero-order valence-electron chi connectivity index (χ0n) is 29.2. The van der Waals surface area contributed by atoms with Crippen molar-refractivity contribution in [2.24, 2.45) is 0 Å². The summed E-state index contributed by atoms with van der Waals surface area (Å²) in [5.41, 5.74) is 11.3. The zero-order chi connectivity index (χ0) is 34.9. The van der Waals surface area contributed by atoms with Gasteiger partial charge >= 0.3 is 0 Å². The summed E-state index contributed by atoms with van der Waals surface area (Å²) in [5.74, 6) is 0. The van der Waals surface area contributed by atoms with Crippen molar-refractivity contribution in [1.82, 2.24) is 9.13 Å². The van der Waals surface area contributed by atoms with Crippen molar-refractivity contribution in [1.29, 1.82) is 0 Å². The molecule has 0 saturated carbocycles. The van der Waals surface area contributed by atoms with E-state index in [9.17, 15) is 0 Å². The van der Waals surface area contributed by atoms with E-state index in [-0.39, 0.29) is 6.04 Å². The van der Waals surface area contributed by atoms with Gasteiger partial charge in [-0.2, -0.15) is 0 Å². The standard InChI is InChI=1S/C50H36N2S/c1-3-12-34(13-4-1)47-30-39-27-37(20-24-45(39)51(47)41-22-19-33-11-7-8-16-36(33)29-41)38-21-25-46-40(28-38)31-48(35-14-5-2-6-15-35)52(46)42-23-26-50-44(32-42)43-17-9-10-18-49(43)53-50/h1-3,5-12,14-21,23-32,41H,4,13,22H2. The van der Waals surface area contributed by atoms with Crippen molar-refractivity contribution >= 4 is 71.0 Å². The molecule has 0 radical (unpaired) electrons. The highest BCUT2D eigenvalue weighted by molar-refractivity contribution is 7.25. The first kappa shape index (κ1) is 30.5. The van der Waals surface area contributed by atoms with Crippen LogP contribution in [0.15, 0.2) is 164 Å². The largest absolute Gasteiger partial charge is 0.333 e. The number of aromatic nitrogens is 2. The second kappa shape index (κ2) is 12.2. The molecule has 0 aliphatic heterocycles. The zero-order valence-corrected chi connectivity index (χ0v) is 30.1. The summed E-state index contributed by atoms with van der Waals surface area (Å²) in [4.78, 5) is 0. The molecule has 3 aromatic heterocycles. The Hall–Kier alpha value is -6.16. The number of hydrogen-bond donors (Lipinski definition) is 0. The van der Waals surface area contributed by atoms with E-state index >= 15 is 0 Å². The SMILES string of the molecule is C1=CCCC(c2cc3cc(-c4ccc5c(c4)cc(-c4ccccc4)n5-c4ccc5sc6ccccc6c5c4)ccc3n2C2C=c3ccccc3=CC2)=C1. The Kier molecular flexibility index (Phi) is 7.03. The molecule has 9 aromatic rings. The lowest BCUT2D eigenvalue weighted by Crippen LogP contribution is -2.29. The first-order valence-electron chi connectivity index (χ1n) is 18.7. The number of nitrogens with zero attached hydrogens (tertiary/aromatic N) is 2. The summed E-state index contributed by atoms with van der Waals surface area (Å²) >= 11 is 1.87. The maximum atomic E-state index is 2.60. The topological polar surface area (TPSA) is 9.86 Å². The van der Waals surface area contributed by atoms with Crippen LogP contribution in [-0.2, 0) is 0 Å². The number of hydrogen-bond acceptors (Lipinski definition) is 1. The molecule has 6 aromatic carbocycles. The van der Waals surface area contributed by atoms with E-state index in [1.165, 1.54) is 91.8 Å². The molecular formula is C50H36N2S. The molecule has 0 saturated heterocycles. The quantitative estimate of drug-likeness (QED) is 0.170. The molecule has 0 bridgehead atoms. The molecule has 0 amide bonds. The Morgan fingerprint density at radius 3 is 2.15 bits per heavy atom. The molecule has 3 heteroatoms. The number of thiophene rings is 1. The van der Waals surface area contributed by atoms with Crippen LogP contribution in [0.2, 0.25) is 0 Å². The van der Waals surface area contributed by atoms with Gasteiger partial charge in [-0.25, -0.2) is 0 Å². The van der Waals surface area contributed by atoms with Gasteiger partial charge < -0.3 is 9.13 Å². The highest BCUT2D eigenvalue weighted by Crippen LogP contribution is 2.40. The fourth-order valence-corrected chi connectivity index (χ4v) is 9.82. The maximum absolute atomic E-state index is 2.60. The first-order valence-corrected chi connectivity index (χ1v) is 19.5. The summed E-state index contributed by atoms with van der Waals surface area (Å²) in [6.45, 7) is 0. The number of allylic oxidation sites excluding steroid dienone is 4. The Morgan fingerprint density at radius 2 is 1.30 bits per heavy atom. The summed E-state index contributed by atoms with van der Waals surface area (Å²) < 4.78 is 7.69. The van der Waals surface area contributed by atoms with E-state index in [1.807, 2.05) is 11.3 Å². The molecule has 252 valence electrons. The second-order valence-corrected chi connectivity index (χ2v) is 15.5. The van der Waals surface area contributed by atoms with Crippen molar-refractivity contribution in [3.63, 3.8) is 0 Å². The highest BCUT2D eigenvalue weighted by atomic mass is 32.1. The van der Waals surface area contributed by atoms with Gasteiger partial charge in [-0.3, -0.25) is 0 Å². The molecule has 0 N–H and O–H groups in total. The third-order valence-electron chi connectivity index (χ3n) is 11.3. The van der Waals surface area contributed by atoms with Crippen LogP contribution < -0.4 is 10.4 Å². The number of benzene rings is 6. The van der Waals surface area contributed by atoms with Crippen LogP contribution in [0.5, 0.6) is 0 Å². The van der Waals surface area contributed by atoms with Crippen molar-refractivity contribution < 1.29 is 0 Å². The predicted molar refractivity (Wildman–Crippen MR) is 227 cm³/mol.